The highest BCUT2D eigenvalue weighted by Crippen LogP contribution is 2.18. The first-order valence-corrected chi connectivity index (χ1v) is 7.46. The van der Waals surface area contributed by atoms with Crippen LogP contribution in [0.15, 0.2) is 24.7 Å². The fourth-order valence-corrected chi connectivity index (χ4v) is 2.66. The molecule has 1 saturated heterocycles. The summed E-state index contributed by atoms with van der Waals surface area (Å²) in [6, 6.07) is 2.18. The Morgan fingerprint density at radius 1 is 1.36 bits per heavy atom. The maximum absolute atomic E-state index is 11.3. The highest BCUT2D eigenvalue weighted by molar-refractivity contribution is 5.73. The van der Waals surface area contributed by atoms with Gasteiger partial charge in [-0.3, -0.25) is 9.48 Å². The fraction of sp³-hybridized carbons (Fsp3) is 0.467. The van der Waals surface area contributed by atoms with E-state index in [0.29, 0.717) is 12.0 Å². The average Bonchev–Trinajstić information content (AvgIpc) is 2.95. The smallest absolute Gasteiger partial charge is 0.223 e. The standard InChI is InChI=1S/C15H20N6O/c1-11(22)21-7-4-13(5-8-21)18-15-16-6-3-14(19-15)12-9-17-20(2)10-12/h3,6,9-10,13H,4-5,7-8H2,1-2H3,(H,16,18,19). The van der Waals surface area contributed by atoms with Gasteiger partial charge in [0.1, 0.15) is 0 Å². The molecular weight excluding hydrogens is 280 g/mol. The number of carbonyl (C=O) groups is 1. The Labute approximate surface area is 129 Å². The zero-order valence-electron chi connectivity index (χ0n) is 12.9. The Kier molecular flexibility index (Phi) is 4.04. The van der Waals surface area contributed by atoms with Crippen molar-refractivity contribution in [3.05, 3.63) is 24.7 Å². The highest BCUT2D eigenvalue weighted by atomic mass is 16.2. The predicted molar refractivity (Wildman–Crippen MR) is 83.1 cm³/mol. The lowest BCUT2D eigenvalue weighted by atomic mass is 10.1. The molecule has 0 bridgehead atoms. The van der Waals surface area contributed by atoms with Crippen LogP contribution in [0.5, 0.6) is 0 Å². The van der Waals surface area contributed by atoms with E-state index in [4.69, 9.17) is 0 Å². The molecule has 1 N–H and O–H groups in total. The molecule has 1 aliphatic heterocycles. The van der Waals surface area contributed by atoms with E-state index < -0.39 is 0 Å². The molecule has 1 fully saturated rings. The Morgan fingerprint density at radius 3 is 2.77 bits per heavy atom. The Bertz CT molecular complexity index is 660. The molecule has 116 valence electrons. The first kappa shape index (κ1) is 14.5. The zero-order valence-corrected chi connectivity index (χ0v) is 12.9. The molecule has 3 heterocycles. The third-order valence-corrected chi connectivity index (χ3v) is 3.93. The van der Waals surface area contributed by atoms with Gasteiger partial charge in [-0.25, -0.2) is 9.97 Å². The lowest BCUT2D eigenvalue weighted by Gasteiger charge is -2.31. The molecule has 0 aromatic carbocycles. The van der Waals surface area contributed by atoms with Crippen LogP contribution in [-0.4, -0.2) is 49.7 Å². The number of likely N-dealkylation sites (tertiary alicyclic amines) is 1. The topological polar surface area (TPSA) is 75.9 Å². The van der Waals surface area contributed by atoms with Crippen molar-refractivity contribution in [3.8, 4) is 11.3 Å². The fourth-order valence-electron chi connectivity index (χ4n) is 2.66. The number of rotatable bonds is 3. The van der Waals surface area contributed by atoms with Crippen molar-refractivity contribution in [1.29, 1.82) is 0 Å². The molecule has 3 rings (SSSR count). The van der Waals surface area contributed by atoms with Crippen LogP contribution in [0.25, 0.3) is 11.3 Å². The van der Waals surface area contributed by atoms with Crippen LogP contribution in [0.3, 0.4) is 0 Å². The number of piperidine rings is 1. The SMILES string of the molecule is CC(=O)N1CCC(Nc2nccc(-c3cnn(C)c3)n2)CC1. The second-order valence-corrected chi connectivity index (χ2v) is 5.59. The molecule has 7 nitrogen and oxygen atoms in total. The Balaban J connectivity index is 1.65. The van der Waals surface area contributed by atoms with Crippen LogP contribution in [0.4, 0.5) is 5.95 Å². The summed E-state index contributed by atoms with van der Waals surface area (Å²) in [5, 5.41) is 7.53. The molecular formula is C15H20N6O. The average molecular weight is 300 g/mol. The maximum atomic E-state index is 11.3. The Morgan fingerprint density at radius 2 is 2.14 bits per heavy atom. The third-order valence-electron chi connectivity index (χ3n) is 3.93. The highest BCUT2D eigenvalue weighted by Gasteiger charge is 2.21. The summed E-state index contributed by atoms with van der Waals surface area (Å²) >= 11 is 0. The number of aryl methyl sites for hydroxylation is 1. The summed E-state index contributed by atoms with van der Waals surface area (Å²) in [6.45, 7) is 3.19. The van der Waals surface area contributed by atoms with Crippen LogP contribution in [0.1, 0.15) is 19.8 Å². The molecule has 22 heavy (non-hydrogen) atoms. The van der Waals surface area contributed by atoms with E-state index in [-0.39, 0.29) is 5.91 Å². The molecule has 2 aromatic heterocycles. The zero-order chi connectivity index (χ0) is 15.5. The summed E-state index contributed by atoms with van der Waals surface area (Å²) in [5.41, 5.74) is 1.83. The van der Waals surface area contributed by atoms with E-state index >= 15 is 0 Å². The van der Waals surface area contributed by atoms with Gasteiger partial charge in [-0.1, -0.05) is 0 Å². The minimum absolute atomic E-state index is 0.147. The molecule has 0 radical (unpaired) electrons. The van der Waals surface area contributed by atoms with Crippen molar-refractivity contribution in [3.63, 3.8) is 0 Å². The minimum atomic E-state index is 0.147. The van der Waals surface area contributed by atoms with Crippen LogP contribution < -0.4 is 5.32 Å². The lowest BCUT2D eigenvalue weighted by molar-refractivity contribution is -0.129. The van der Waals surface area contributed by atoms with Gasteiger partial charge in [-0.15, -0.1) is 0 Å². The monoisotopic (exact) mass is 300 g/mol. The number of nitrogens with one attached hydrogen (secondary N) is 1. The third kappa shape index (κ3) is 3.24. The first-order chi connectivity index (χ1) is 10.6. The van der Waals surface area contributed by atoms with Gasteiger partial charge < -0.3 is 10.2 Å². The second kappa shape index (κ2) is 6.13. The van der Waals surface area contributed by atoms with E-state index in [9.17, 15) is 4.79 Å². The van der Waals surface area contributed by atoms with Crippen molar-refractivity contribution in [1.82, 2.24) is 24.6 Å². The maximum Gasteiger partial charge on any atom is 0.223 e. The summed E-state index contributed by atoms with van der Waals surface area (Å²) < 4.78 is 1.75. The van der Waals surface area contributed by atoms with E-state index in [1.54, 1.807) is 24.0 Å². The van der Waals surface area contributed by atoms with Crippen LogP contribution in [-0.2, 0) is 11.8 Å². The van der Waals surface area contributed by atoms with Crippen LogP contribution >= 0.6 is 0 Å². The van der Waals surface area contributed by atoms with Crippen molar-refractivity contribution in [2.24, 2.45) is 7.05 Å². The van der Waals surface area contributed by atoms with E-state index in [1.165, 1.54) is 0 Å². The van der Waals surface area contributed by atoms with Crippen molar-refractivity contribution < 1.29 is 4.79 Å². The molecule has 0 unspecified atom stereocenters. The number of hydrogen-bond acceptors (Lipinski definition) is 5. The summed E-state index contributed by atoms with van der Waals surface area (Å²) in [5.74, 6) is 0.774. The minimum Gasteiger partial charge on any atom is -0.351 e. The van der Waals surface area contributed by atoms with Gasteiger partial charge >= 0.3 is 0 Å². The quantitative estimate of drug-likeness (QED) is 0.924. The van der Waals surface area contributed by atoms with Crippen molar-refractivity contribution in [2.45, 2.75) is 25.8 Å². The first-order valence-electron chi connectivity index (χ1n) is 7.46. The number of nitrogens with zero attached hydrogens (tertiary/aromatic N) is 5. The summed E-state index contributed by atoms with van der Waals surface area (Å²) in [4.78, 5) is 22.1. The Hall–Kier alpha value is -2.44. The molecule has 0 saturated carbocycles. The van der Waals surface area contributed by atoms with Crippen LogP contribution in [0.2, 0.25) is 0 Å². The van der Waals surface area contributed by atoms with Gasteiger partial charge in [0, 0.05) is 51.1 Å². The molecule has 0 atom stereocenters. The molecule has 1 amide bonds. The van der Waals surface area contributed by atoms with Gasteiger partial charge in [-0.2, -0.15) is 5.10 Å². The second-order valence-electron chi connectivity index (χ2n) is 5.59. The van der Waals surface area contributed by atoms with Crippen molar-refractivity contribution in [2.75, 3.05) is 18.4 Å². The van der Waals surface area contributed by atoms with Gasteiger partial charge in [0.05, 0.1) is 11.9 Å². The molecule has 1 aliphatic rings. The van der Waals surface area contributed by atoms with Gasteiger partial charge in [0.15, 0.2) is 0 Å². The number of amides is 1. The molecule has 7 heteroatoms. The lowest BCUT2D eigenvalue weighted by Crippen LogP contribution is -2.41. The van der Waals surface area contributed by atoms with Gasteiger partial charge in [0.25, 0.3) is 0 Å². The van der Waals surface area contributed by atoms with Crippen molar-refractivity contribution >= 4 is 11.9 Å². The van der Waals surface area contributed by atoms with E-state index in [1.807, 2.05) is 24.2 Å². The van der Waals surface area contributed by atoms with E-state index in [0.717, 1.165) is 37.2 Å². The molecule has 2 aromatic rings. The summed E-state index contributed by atoms with van der Waals surface area (Å²) in [6.07, 6.45) is 7.30. The van der Waals surface area contributed by atoms with Gasteiger partial charge in [0.2, 0.25) is 11.9 Å². The number of hydrogen-bond donors (Lipinski definition) is 1. The largest absolute Gasteiger partial charge is 0.351 e. The normalized spacial score (nSPS) is 15.8. The number of anilines is 1. The number of aromatic nitrogens is 4. The van der Waals surface area contributed by atoms with Crippen LogP contribution in [0, 0.1) is 0 Å². The molecule has 0 aliphatic carbocycles. The summed E-state index contributed by atoms with van der Waals surface area (Å²) in [7, 11) is 1.88. The molecule has 0 spiro atoms. The van der Waals surface area contributed by atoms with Gasteiger partial charge in [-0.05, 0) is 18.9 Å². The van der Waals surface area contributed by atoms with E-state index in [2.05, 4.69) is 20.4 Å². The predicted octanol–water partition coefficient (Wildman–Crippen LogP) is 1.30. The number of carbonyl (C=O) groups excluding carboxylic acids is 1.